The summed E-state index contributed by atoms with van der Waals surface area (Å²) in [6, 6.07) is 10.7. The van der Waals surface area contributed by atoms with E-state index in [1.807, 2.05) is 23.1 Å². The van der Waals surface area contributed by atoms with Gasteiger partial charge in [0.2, 0.25) is 5.91 Å². The number of benzene rings is 1. The molecule has 1 aromatic carbocycles. The summed E-state index contributed by atoms with van der Waals surface area (Å²) in [5.74, 6) is 0.172. The predicted octanol–water partition coefficient (Wildman–Crippen LogP) is 2.47. The van der Waals surface area contributed by atoms with Gasteiger partial charge in [-0.3, -0.25) is 9.69 Å². The van der Waals surface area contributed by atoms with Crippen LogP contribution in [0.5, 0.6) is 0 Å². The second-order valence-electron chi connectivity index (χ2n) is 5.82. The molecule has 3 nitrogen and oxygen atoms in total. The van der Waals surface area contributed by atoms with Gasteiger partial charge in [0.05, 0.1) is 5.25 Å². The van der Waals surface area contributed by atoms with Crippen LogP contribution in [0.3, 0.4) is 0 Å². The van der Waals surface area contributed by atoms with Crippen LogP contribution in [-0.2, 0) is 11.2 Å². The van der Waals surface area contributed by atoms with E-state index < -0.39 is 0 Å². The van der Waals surface area contributed by atoms with Crippen molar-refractivity contribution in [3.63, 3.8) is 0 Å². The number of carbonyl (C=O) groups is 1. The summed E-state index contributed by atoms with van der Waals surface area (Å²) in [5.41, 5.74) is 1.17. The molecule has 0 aliphatic carbocycles. The second-order valence-corrected chi connectivity index (χ2v) is 6.45. The van der Waals surface area contributed by atoms with Crippen LogP contribution in [0.25, 0.3) is 0 Å². The highest BCUT2D eigenvalue weighted by Crippen LogP contribution is 2.14. The number of piperazine rings is 1. The molecule has 0 bridgehead atoms. The lowest BCUT2D eigenvalue weighted by atomic mass is 10.1. The van der Waals surface area contributed by atoms with Gasteiger partial charge >= 0.3 is 0 Å². The summed E-state index contributed by atoms with van der Waals surface area (Å²) in [7, 11) is 0. The van der Waals surface area contributed by atoms with Crippen molar-refractivity contribution in [1.82, 2.24) is 9.80 Å². The third-order valence-corrected chi connectivity index (χ3v) is 4.80. The first-order valence-electron chi connectivity index (χ1n) is 7.86. The fraction of sp³-hybridized carbons (Fsp3) is 0.588. The molecule has 0 N–H and O–H groups in total. The highest BCUT2D eigenvalue weighted by Gasteiger charge is 2.26. The van der Waals surface area contributed by atoms with E-state index in [0.717, 1.165) is 32.6 Å². The van der Waals surface area contributed by atoms with Crippen molar-refractivity contribution in [2.75, 3.05) is 26.2 Å². The van der Waals surface area contributed by atoms with Gasteiger partial charge in [-0.1, -0.05) is 37.3 Å². The molecule has 2 rings (SSSR count). The maximum atomic E-state index is 12.5. The SMILES string of the molecule is CCC(C)N1CCN(C(=O)C(S)Cc2ccccc2)CC1. The first-order valence-corrected chi connectivity index (χ1v) is 8.38. The van der Waals surface area contributed by atoms with Crippen molar-refractivity contribution >= 4 is 18.5 Å². The minimum atomic E-state index is -0.234. The number of amides is 1. The van der Waals surface area contributed by atoms with Crippen LogP contribution < -0.4 is 0 Å². The summed E-state index contributed by atoms with van der Waals surface area (Å²) in [6.07, 6.45) is 1.87. The highest BCUT2D eigenvalue weighted by atomic mass is 32.1. The van der Waals surface area contributed by atoms with E-state index in [1.54, 1.807) is 0 Å². The molecule has 2 unspecified atom stereocenters. The molecule has 1 heterocycles. The molecule has 0 radical (unpaired) electrons. The smallest absolute Gasteiger partial charge is 0.235 e. The van der Waals surface area contributed by atoms with Crippen LogP contribution >= 0.6 is 12.6 Å². The van der Waals surface area contributed by atoms with Crippen LogP contribution in [0, 0.1) is 0 Å². The Hall–Kier alpha value is -1.00. The lowest BCUT2D eigenvalue weighted by molar-refractivity contribution is -0.132. The number of carbonyl (C=O) groups excluding carboxylic acids is 1. The summed E-state index contributed by atoms with van der Waals surface area (Å²) in [5, 5.41) is -0.234. The van der Waals surface area contributed by atoms with Crippen molar-refractivity contribution < 1.29 is 4.79 Å². The topological polar surface area (TPSA) is 23.6 Å². The average molecular weight is 306 g/mol. The van der Waals surface area contributed by atoms with Gasteiger partial charge in [-0.15, -0.1) is 0 Å². The van der Waals surface area contributed by atoms with E-state index in [2.05, 4.69) is 43.5 Å². The number of hydrogen-bond acceptors (Lipinski definition) is 3. The van der Waals surface area contributed by atoms with Crippen LogP contribution in [0.1, 0.15) is 25.8 Å². The van der Waals surface area contributed by atoms with E-state index in [-0.39, 0.29) is 11.2 Å². The first-order chi connectivity index (χ1) is 10.1. The van der Waals surface area contributed by atoms with Gasteiger partial charge in [-0.2, -0.15) is 12.6 Å². The lowest BCUT2D eigenvalue weighted by Gasteiger charge is -2.38. The Kier molecular flexibility index (Phi) is 6.12. The molecule has 21 heavy (non-hydrogen) atoms. The maximum Gasteiger partial charge on any atom is 0.235 e. The molecule has 4 heteroatoms. The first kappa shape index (κ1) is 16.4. The van der Waals surface area contributed by atoms with E-state index >= 15 is 0 Å². The highest BCUT2D eigenvalue weighted by molar-refractivity contribution is 7.81. The van der Waals surface area contributed by atoms with Crippen molar-refractivity contribution in [2.24, 2.45) is 0 Å². The largest absolute Gasteiger partial charge is 0.339 e. The normalized spacial score (nSPS) is 19.3. The molecule has 1 aliphatic rings. The third-order valence-electron chi connectivity index (χ3n) is 4.40. The van der Waals surface area contributed by atoms with Crippen molar-refractivity contribution in [1.29, 1.82) is 0 Å². The molecular formula is C17H26N2OS. The zero-order valence-corrected chi connectivity index (χ0v) is 13.9. The Balaban J connectivity index is 1.84. The van der Waals surface area contributed by atoms with Crippen LogP contribution in [0.15, 0.2) is 30.3 Å². The van der Waals surface area contributed by atoms with Crippen molar-refractivity contribution in [2.45, 2.75) is 38.0 Å². The molecule has 116 valence electrons. The number of rotatable bonds is 5. The van der Waals surface area contributed by atoms with E-state index in [9.17, 15) is 4.79 Å². The van der Waals surface area contributed by atoms with E-state index in [0.29, 0.717) is 12.5 Å². The number of nitrogens with zero attached hydrogens (tertiary/aromatic N) is 2. The molecule has 1 amide bonds. The van der Waals surface area contributed by atoms with E-state index in [4.69, 9.17) is 0 Å². The van der Waals surface area contributed by atoms with Gasteiger partial charge in [0.15, 0.2) is 0 Å². The van der Waals surface area contributed by atoms with Crippen molar-refractivity contribution in [3.05, 3.63) is 35.9 Å². The molecule has 1 aromatic rings. The fourth-order valence-corrected chi connectivity index (χ4v) is 3.15. The molecule has 2 atom stereocenters. The van der Waals surface area contributed by atoms with Gasteiger partial charge in [0, 0.05) is 32.2 Å². The fourth-order valence-electron chi connectivity index (χ4n) is 2.78. The van der Waals surface area contributed by atoms with Gasteiger partial charge < -0.3 is 4.90 Å². The minimum absolute atomic E-state index is 0.172. The summed E-state index contributed by atoms with van der Waals surface area (Å²) in [4.78, 5) is 16.9. The minimum Gasteiger partial charge on any atom is -0.339 e. The molecule has 1 aliphatic heterocycles. The quantitative estimate of drug-likeness (QED) is 0.845. The zero-order valence-electron chi connectivity index (χ0n) is 13.0. The number of thiol groups is 1. The third kappa shape index (κ3) is 4.48. The Morgan fingerprint density at radius 1 is 1.19 bits per heavy atom. The van der Waals surface area contributed by atoms with Crippen molar-refractivity contribution in [3.8, 4) is 0 Å². The lowest BCUT2D eigenvalue weighted by Crippen LogP contribution is -2.53. The molecular weight excluding hydrogens is 280 g/mol. The second kappa shape index (κ2) is 7.85. The van der Waals surface area contributed by atoms with Gasteiger partial charge in [0.25, 0.3) is 0 Å². The molecule has 0 aromatic heterocycles. The maximum absolute atomic E-state index is 12.5. The Morgan fingerprint density at radius 2 is 1.81 bits per heavy atom. The molecule has 1 fully saturated rings. The van der Waals surface area contributed by atoms with Gasteiger partial charge in [-0.25, -0.2) is 0 Å². The Bertz CT molecular complexity index is 443. The van der Waals surface area contributed by atoms with Crippen LogP contribution in [0.2, 0.25) is 0 Å². The molecule has 0 spiro atoms. The van der Waals surface area contributed by atoms with Crippen LogP contribution in [0.4, 0.5) is 0 Å². The predicted molar refractivity (Wildman–Crippen MR) is 90.8 cm³/mol. The average Bonchev–Trinajstić information content (AvgIpc) is 2.54. The number of hydrogen-bond donors (Lipinski definition) is 1. The van der Waals surface area contributed by atoms with Gasteiger partial charge in [-0.05, 0) is 25.3 Å². The zero-order chi connectivity index (χ0) is 15.2. The van der Waals surface area contributed by atoms with Crippen LogP contribution in [-0.4, -0.2) is 53.2 Å². The van der Waals surface area contributed by atoms with Gasteiger partial charge in [0.1, 0.15) is 0 Å². The monoisotopic (exact) mass is 306 g/mol. The Morgan fingerprint density at radius 3 is 2.38 bits per heavy atom. The standard InChI is InChI=1S/C17H26N2OS/c1-3-14(2)18-9-11-19(12-10-18)17(20)16(21)13-15-7-5-4-6-8-15/h4-8,14,16,21H,3,9-13H2,1-2H3. The summed E-state index contributed by atoms with van der Waals surface area (Å²) >= 11 is 4.52. The Labute approximate surface area is 133 Å². The summed E-state index contributed by atoms with van der Waals surface area (Å²) in [6.45, 7) is 8.09. The molecule has 0 saturated carbocycles. The molecule has 1 saturated heterocycles. The van der Waals surface area contributed by atoms with E-state index in [1.165, 1.54) is 5.56 Å². The summed E-state index contributed by atoms with van der Waals surface area (Å²) < 4.78 is 0.